The number of benzene rings is 3. The van der Waals surface area contributed by atoms with Crippen molar-refractivity contribution in [3.63, 3.8) is 0 Å². The second-order valence-corrected chi connectivity index (χ2v) is 7.44. The molecule has 1 aliphatic rings. The Morgan fingerprint density at radius 1 is 1.03 bits per heavy atom. The van der Waals surface area contributed by atoms with Crippen LogP contribution in [0.4, 0.5) is 4.79 Å². The van der Waals surface area contributed by atoms with Crippen molar-refractivity contribution in [2.75, 3.05) is 13.2 Å². The summed E-state index contributed by atoms with van der Waals surface area (Å²) in [5.41, 5.74) is 5.39. The molecule has 0 bridgehead atoms. The highest BCUT2D eigenvalue weighted by Gasteiger charge is 2.28. The summed E-state index contributed by atoms with van der Waals surface area (Å²) in [7, 11) is 0. The number of aromatic hydroxyl groups is 1. The molecule has 0 radical (unpaired) electrons. The first-order valence-corrected chi connectivity index (χ1v) is 10.1. The highest BCUT2D eigenvalue weighted by molar-refractivity contribution is 6.30. The van der Waals surface area contributed by atoms with E-state index in [0.717, 1.165) is 0 Å². The highest BCUT2D eigenvalue weighted by atomic mass is 35.5. The number of phenolic OH excluding ortho intramolecular Hbond substituents is 1. The van der Waals surface area contributed by atoms with Crippen molar-refractivity contribution in [2.45, 2.75) is 12.3 Å². The van der Waals surface area contributed by atoms with E-state index in [0.29, 0.717) is 23.6 Å². The number of carbonyl (C=O) groups excluding carboxylic acids is 1. The van der Waals surface area contributed by atoms with E-state index < -0.39 is 6.09 Å². The lowest BCUT2D eigenvalue weighted by Gasteiger charge is -2.14. The zero-order chi connectivity index (χ0) is 20.9. The second-order valence-electron chi connectivity index (χ2n) is 7.00. The fourth-order valence-corrected chi connectivity index (χ4v) is 3.92. The van der Waals surface area contributed by atoms with Gasteiger partial charge in [-0.1, -0.05) is 72.0 Å². The first kappa shape index (κ1) is 19.9. The predicted octanol–water partition coefficient (Wildman–Crippen LogP) is 5.33. The lowest BCUT2D eigenvalue weighted by atomic mass is 9.98. The second kappa shape index (κ2) is 8.94. The average molecular weight is 418 g/mol. The van der Waals surface area contributed by atoms with Gasteiger partial charge in [0.2, 0.25) is 0 Å². The Balaban J connectivity index is 1.29. The lowest BCUT2D eigenvalue weighted by molar-refractivity contribution is 0.143. The Morgan fingerprint density at radius 2 is 1.70 bits per heavy atom. The van der Waals surface area contributed by atoms with Crippen molar-refractivity contribution < 1.29 is 14.6 Å². The minimum absolute atomic E-state index is 0.0402. The monoisotopic (exact) mass is 417 g/mol. The van der Waals surface area contributed by atoms with E-state index in [2.05, 4.69) is 41.4 Å². The topological polar surface area (TPSA) is 58.6 Å². The molecule has 1 amide bonds. The van der Waals surface area contributed by atoms with Crippen LogP contribution in [0, 0.1) is 11.8 Å². The van der Waals surface area contributed by atoms with Crippen molar-refractivity contribution in [1.82, 2.24) is 5.32 Å². The molecule has 0 saturated heterocycles. The van der Waals surface area contributed by atoms with Gasteiger partial charge in [0.05, 0.1) is 0 Å². The van der Waals surface area contributed by atoms with Gasteiger partial charge in [0.1, 0.15) is 12.4 Å². The number of phenols is 1. The number of rotatable bonds is 4. The minimum Gasteiger partial charge on any atom is -0.508 e. The molecule has 4 nitrogen and oxygen atoms in total. The number of nitrogens with one attached hydrogen (secondary N) is 1. The van der Waals surface area contributed by atoms with Crippen LogP contribution in [-0.4, -0.2) is 24.4 Å². The van der Waals surface area contributed by atoms with E-state index in [-0.39, 0.29) is 18.3 Å². The number of amides is 1. The Labute approximate surface area is 180 Å². The summed E-state index contributed by atoms with van der Waals surface area (Å²) in [6, 6.07) is 21.1. The standard InChI is InChI=1S/C25H20ClNO3/c26-18-13-17(14-19(28)15-18)7-5-6-12-27-25(29)30-16-24-22-10-3-1-8-20(22)21-9-2-4-11-23(21)24/h1-4,8-11,13-15,24,28H,6,12,16H2,(H,27,29). The van der Waals surface area contributed by atoms with Crippen LogP contribution in [0.1, 0.15) is 29.0 Å². The number of hydrogen-bond acceptors (Lipinski definition) is 3. The van der Waals surface area contributed by atoms with Gasteiger partial charge in [0, 0.05) is 29.5 Å². The molecule has 0 saturated carbocycles. The van der Waals surface area contributed by atoms with Crippen LogP contribution in [0.2, 0.25) is 5.02 Å². The molecule has 0 fully saturated rings. The fourth-order valence-electron chi connectivity index (χ4n) is 3.69. The van der Waals surface area contributed by atoms with E-state index in [1.165, 1.54) is 34.4 Å². The van der Waals surface area contributed by atoms with Gasteiger partial charge in [0.15, 0.2) is 0 Å². The highest BCUT2D eigenvalue weighted by Crippen LogP contribution is 2.44. The maximum Gasteiger partial charge on any atom is 0.407 e. The Kier molecular flexibility index (Phi) is 5.92. The van der Waals surface area contributed by atoms with Crippen molar-refractivity contribution in [2.24, 2.45) is 0 Å². The summed E-state index contributed by atoms with van der Waals surface area (Å²) >= 11 is 5.88. The molecular weight excluding hydrogens is 398 g/mol. The van der Waals surface area contributed by atoms with Gasteiger partial charge in [-0.15, -0.1) is 0 Å². The van der Waals surface area contributed by atoms with E-state index >= 15 is 0 Å². The number of ether oxygens (including phenoxy) is 1. The molecular formula is C25H20ClNO3. The molecule has 4 rings (SSSR count). The third-order valence-electron chi connectivity index (χ3n) is 4.98. The Morgan fingerprint density at radius 3 is 2.37 bits per heavy atom. The smallest absolute Gasteiger partial charge is 0.407 e. The molecule has 0 aromatic heterocycles. The Hall–Kier alpha value is -3.42. The van der Waals surface area contributed by atoms with Gasteiger partial charge in [-0.25, -0.2) is 4.79 Å². The van der Waals surface area contributed by atoms with Crippen LogP contribution < -0.4 is 5.32 Å². The van der Waals surface area contributed by atoms with Crippen LogP contribution in [0.5, 0.6) is 5.75 Å². The first-order valence-electron chi connectivity index (χ1n) is 9.69. The number of carbonyl (C=O) groups is 1. The summed E-state index contributed by atoms with van der Waals surface area (Å²) in [6.07, 6.45) is -0.00338. The van der Waals surface area contributed by atoms with E-state index in [1.54, 1.807) is 6.07 Å². The summed E-state index contributed by atoms with van der Waals surface area (Å²) in [5.74, 6) is 5.97. The van der Waals surface area contributed by atoms with Crippen LogP contribution in [0.25, 0.3) is 11.1 Å². The molecule has 150 valence electrons. The predicted molar refractivity (Wildman–Crippen MR) is 118 cm³/mol. The number of alkyl carbamates (subject to hydrolysis) is 1. The van der Waals surface area contributed by atoms with Gasteiger partial charge in [0.25, 0.3) is 0 Å². The van der Waals surface area contributed by atoms with Crippen molar-refractivity contribution in [1.29, 1.82) is 0 Å². The molecule has 3 aromatic carbocycles. The molecule has 3 aromatic rings. The number of fused-ring (bicyclic) bond motifs is 3. The van der Waals surface area contributed by atoms with E-state index in [4.69, 9.17) is 16.3 Å². The third kappa shape index (κ3) is 4.42. The number of hydrogen-bond donors (Lipinski definition) is 2. The zero-order valence-corrected chi connectivity index (χ0v) is 16.9. The van der Waals surface area contributed by atoms with Crippen molar-refractivity contribution in [3.05, 3.63) is 88.4 Å². The van der Waals surface area contributed by atoms with E-state index in [9.17, 15) is 9.90 Å². The zero-order valence-electron chi connectivity index (χ0n) is 16.2. The van der Waals surface area contributed by atoms with Crippen LogP contribution in [0.15, 0.2) is 66.7 Å². The first-order chi connectivity index (χ1) is 14.6. The maximum absolute atomic E-state index is 12.1. The van der Waals surface area contributed by atoms with E-state index in [1.807, 2.05) is 24.3 Å². The maximum atomic E-state index is 12.1. The molecule has 30 heavy (non-hydrogen) atoms. The molecule has 0 aliphatic heterocycles. The average Bonchev–Trinajstić information content (AvgIpc) is 3.05. The molecule has 5 heteroatoms. The largest absolute Gasteiger partial charge is 0.508 e. The minimum atomic E-state index is -0.459. The molecule has 0 atom stereocenters. The fraction of sp³-hybridized carbons (Fsp3) is 0.160. The van der Waals surface area contributed by atoms with Crippen molar-refractivity contribution in [3.8, 4) is 28.7 Å². The van der Waals surface area contributed by atoms with Crippen LogP contribution >= 0.6 is 11.6 Å². The van der Waals surface area contributed by atoms with Gasteiger partial charge >= 0.3 is 6.09 Å². The molecule has 0 heterocycles. The summed E-state index contributed by atoms with van der Waals surface area (Å²) in [4.78, 5) is 12.1. The number of halogens is 1. The van der Waals surface area contributed by atoms with Gasteiger partial charge in [-0.3, -0.25) is 0 Å². The lowest BCUT2D eigenvalue weighted by Crippen LogP contribution is -2.26. The third-order valence-corrected chi connectivity index (χ3v) is 5.20. The van der Waals surface area contributed by atoms with Crippen molar-refractivity contribution >= 4 is 17.7 Å². The molecule has 0 unspecified atom stereocenters. The Bertz CT molecular complexity index is 1080. The van der Waals surface area contributed by atoms with Crippen LogP contribution in [0.3, 0.4) is 0 Å². The molecule has 1 aliphatic carbocycles. The molecule has 2 N–H and O–H groups in total. The van der Waals surface area contributed by atoms with Gasteiger partial charge < -0.3 is 15.2 Å². The molecule has 0 spiro atoms. The normalized spacial score (nSPS) is 11.8. The quantitative estimate of drug-likeness (QED) is 0.445. The SMILES string of the molecule is O=C(NCCC#Cc1cc(O)cc(Cl)c1)OCC1c2ccccc2-c2ccccc21. The summed E-state index contributed by atoms with van der Waals surface area (Å²) in [5, 5.41) is 12.7. The van der Waals surface area contributed by atoms with Gasteiger partial charge in [-0.05, 0) is 40.5 Å². The summed E-state index contributed by atoms with van der Waals surface area (Å²) in [6.45, 7) is 0.656. The van der Waals surface area contributed by atoms with Crippen LogP contribution in [-0.2, 0) is 4.74 Å². The van der Waals surface area contributed by atoms with Gasteiger partial charge in [-0.2, -0.15) is 0 Å². The summed E-state index contributed by atoms with van der Waals surface area (Å²) < 4.78 is 5.49.